The van der Waals surface area contributed by atoms with Crippen molar-refractivity contribution in [3.8, 4) is 6.07 Å². The highest BCUT2D eigenvalue weighted by atomic mass is 14.8. The highest BCUT2D eigenvalue weighted by Crippen LogP contribution is 2.16. The molecule has 12 heavy (non-hydrogen) atoms. The average Bonchev–Trinajstić information content (AvgIpc) is 2.05. The molecule has 0 bridgehead atoms. The van der Waals surface area contributed by atoms with Crippen LogP contribution in [0.25, 0.3) is 0 Å². The van der Waals surface area contributed by atoms with Crippen molar-refractivity contribution in [3.63, 3.8) is 0 Å². The van der Waals surface area contributed by atoms with E-state index >= 15 is 0 Å². The van der Waals surface area contributed by atoms with Crippen molar-refractivity contribution < 1.29 is 0 Å². The molecule has 1 rings (SSSR count). The van der Waals surface area contributed by atoms with E-state index in [0.29, 0.717) is 11.4 Å². The molecule has 1 aromatic heterocycles. The molecule has 0 saturated heterocycles. The van der Waals surface area contributed by atoms with Crippen LogP contribution in [0.2, 0.25) is 0 Å². The normalized spacial score (nSPS) is 12.0. The molecule has 1 aromatic rings. The summed E-state index contributed by atoms with van der Waals surface area (Å²) in [4.78, 5) is 4.00. The summed E-state index contributed by atoms with van der Waals surface area (Å²) in [6.07, 6.45) is 1.85. The van der Waals surface area contributed by atoms with E-state index in [-0.39, 0.29) is 12.5 Å². The van der Waals surface area contributed by atoms with Crippen LogP contribution in [-0.2, 0) is 0 Å². The van der Waals surface area contributed by atoms with E-state index in [1.807, 2.05) is 6.07 Å². The number of hydrogen-bond donors (Lipinski definition) is 2. The molecular weight excluding hydrogens is 152 g/mol. The molecule has 0 saturated carbocycles. The number of nitriles is 1. The summed E-state index contributed by atoms with van der Waals surface area (Å²) < 4.78 is 0. The Morgan fingerprint density at radius 2 is 2.42 bits per heavy atom. The Kier molecular flexibility index (Phi) is 2.62. The van der Waals surface area contributed by atoms with Crippen molar-refractivity contribution >= 4 is 5.69 Å². The Labute approximate surface area is 70.8 Å². The van der Waals surface area contributed by atoms with E-state index in [1.54, 1.807) is 18.3 Å². The van der Waals surface area contributed by atoms with Crippen molar-refractivity contribution in [1.82, 2.24) is 4.98 Å². The average molecular weight is 162 g/mol. The zero-order valence-corrected chi connectivity index (χ0v) is 6.57. The Morgan fingerprint density at radius 3 is 3.00 bits per heavy atom. The van der Waals surface area contributed by atoms with Gasteiger partial charge in [0.1, 0.15) is 0 Å². The van der Waals surface area contributed by atoms with Gasteiger partial charge in [-0.05, 0) is 12.1 Å². The largest absolute Gasteiger partial charge is 0.397 e. The predicted molar refractivity (Wildman–Crippen MR) is 45.8 cm³/mol. The molecule has 4 N–H and O–H groups in total. The topological polar surface area (TPSA) is 88.7 Å². The molecule has 0 radical (unpaired) electrons. The van der Waals surface area contributed by atoms with Gasteiger partial charge in [-0.1, -0.05) is 0 Å². The lowest BCUT2D eigenvalue weighted by atomic mass is 10.1. The Balaban J connectivity index is 2.88. The van der Waals surface area contributed by atoms with E-state index in [0.717, 1.165) is 0 Å². The van der Waals surface area contributed by atoms with Crippen LogP contribution in [0, 0.1) is 11.3 Å². The molecular formula is C8H10N4. The van der Waals surface area contributed by atoms with Crippen LogP contribution < -0.4 is 11.5 Å². The van der Waals surface area contributed by atoms with Crippen LogP contribution in [-0.4, -0.2) is 4.98 Å². The van der Waals surface area contributed by atoms with Crippen LogP contribution in [0.3, 0.4) is 0 Å². The quantitative estimate of drug-likeness (QED) is 0.665. The third kappa shape index (κ3) is 1.71. The molecule has 1 heterocycles. The fourth-order valence-corrected chi connectivity index (χ4v) is 0.935. The molecule has 0 aromatic carbocycles. The van der Waals surface area contributed by atoms with Gasteiger partial charge in [0.15, 0.2) is 0 Å². The van der Waals surface area contributed by atoms with E-state index in [9.17, 15) is 0 Å². The van der Waals surface area contributed by atoms with E-state index < -0.39 is 0 Å². The number of aromatic nitrogens is 1. The summed E-state index contributed by atoms with van der Waals surface area (Å²) in [5.41, 5.74) is 12.4. The lowest BCUT2D eigenvalue weighted by Crippen LogP contribution is -2.13. The fraction of sp³-hybridized carbons (Fsp3) is 0.250. The minimum atomic E-state index is -0.379. The smallest absolute Gasteiger partial charge is 0.0810 e. The van der Waals surface area contributed by atoms with Crippen molar-refractivity contribution in [3.05, 3.63) is 24.0 Å². The SMILES string of the molecule is N#CCC(N)c1ncccc1N. The molecule has 0 aliphatic carbocycles. The summed E-state index contributed by atoms with van der Waals surface area (Å²) in [5.74, 6) is 0. The summed E-state index contributed by atoms with van der Waals surface area (Å²) in [6.45, 7) is 0. The maximum Gasteiger partial charge on any atom is 0.0810 e. The Bertz CT molecular complexity index is 302. The van der Waals surface area contributed by atoms with E-state index in [2.05, 4.69) is 4.98 Å². The second kappa shape index (κ2) is 3.69. The standard InChI is InChI=1S/C8H10N4/c9-4-3-7(11)8-6(10)2-1-5-12-8/h1-2,5,7H,3,10-11H2. The first kappa shape index (κ1) is 8.50. The number of pyridine rings is 1. The molecule has 4 heteroatoms. The molecule has 4 nitrogen and oxygen atoms in total. The zero-order valence-electron chi connectivity index (χ0n) is 6.57. The van der Waals surface area contributed by atoms with Gasteiger partial charge < -0.3 is 11.5 Å². The van der Waals surface area contributed by atoms with Gasteiger partial charge in [0, 0.05) is 6.20 Å². The van der Waals surface area contributed by atoms with Gasteiger partial charge in [0.2, 0.25) is 0 Å². The van der Waals surface area contributed by atoms with Gasteiger partial charge in [-0.3, -0.25) is 4.98 Å². The summed E-state index contributed by atoms with van der Waals surface area (Å²) in [5, 5.41) is 8.39. The van der Waals surface area contributed by atoms with Gasteiger partial charge in [0.05, 0.1) is 29.9 Å². The molecule has 0 aliphatic rings. The highest BCUT2D eigenvalue weighted by molar-refractivity contribution is 5.43. The number of nitrogens with two attached hydrogens (primary N) is 2. The van der Waals surface area contributed by atoms with Crippen LogP contribution in [0.4, 0.5) is 5.69 Å². The van der Waals surface area contributed by atoms with Gasteiger partial charge >= 0.3 is 0 Å². The second-order valence-corrected chi connectivity index (χ2v) is 2.45. The first-order valence-electron chi connectivity index (χ1n) is 3.58. The minimum absolute atomic E-state index is 0.237. The van der Waals surface area contributed by atoms with Gasteiger partial charge in [-0.2, -0.15) is 5.26 Å². The van der Waals surface area contributed by atoms with Gasteiger partial charge in [-0.25, -0.2) is 0 Å². The monoisotopic (exact) mass is 162 g/mol. The first-order chi connectivity index (χ1) is 5.75. The second-order valence-electron chi connectivity index (χ2n) is 2.45. The van der Waals surface area contributed by atoms with Gasteiger partial charge in [0.25, 0.3) is 0 Å². The number of anilines is 1. The fourth-order valence-electron chi connectivity index (χ4n) is 0.935. The van der Waals surface area contributed by atoms with Crippen molar-refractivity contribution in [1.29, 1.82) is 5.26 Å². The van der Waals surface area contributed by atoms with E-state index in [1.165, 1.54) is 0 Å². The predicted octanol–water partition coefficient (Wildman–Crippen LogP) is 0.577. The number of hydrogen-bond acceptors (Lipinski definition) is 4. The van der Waals surface area contributed by atoms with Crippen LogP contribution >= 0.6 is 0 Å². The zero-order chi connectivity index (χ0) is 8.97. The van der Waals surface area contributed by atoms with Crippen molar-refractivity contribution in [2.75, 3.05) is 5.73 Å². The lowest BCUT2D eigenvalue weighted by Gasteiger charge is -2.08. The minimum Gasteiger partial charge on any atom is -0.397 e. The van der Waals surface area contributed by atoms with Crippen LogP contribution in [0.5, 0.6) is 0 Å². The molecule has 0 fully saturated rings. The molecule has 1 unspecified atom stereocenters. The summed E-state index contributed by atoms with van der Waals surface area (Å²) >= 11 is 0. The number of nitrogen functional groups attached to an aromatic ring is 1. The van der Waals surface area contributed by atoms with Crippen LogP contribution in [0.1, 0.15) is 18.2 Å². The van der Waals surface area contributed by atoms with Crippen LogP contribution in [0.15, 0.2) is 18.3 Å². The maximum atomic E-state index is 8.39. The molecule has 0 amide bonds. The Morgan fingerprint density at radius 1 is 1.67 bits per heavy atom. The van der Waals surface area contributed by atoms with Crippen molar-refractivity contribution in [2.45, 2.75) is 12.5 Å². The van der Waals surface area contributed by atoms with Crippen molar-refractivity contribution in [2.24, 2.45) is 5.73 Å². The third-order valence-electron chi connectivity index (χ3n) is 1.53. The number of nitrogens with zero attached hydrogens (tertiary/aromatic N) is 2. The molecule has 0 spiro atoms. The third-order valence-corrected chi connectivity index (χ3v) is 1.53. The first-order valence-corrected chi connectivity index (χ1v) is 3.58. The molecule has 1 atom stereocenters. The summed E-state index contributed by atoms with van der Waals surface area (Å²) in [6, 6.07) is 5.05. The highest BCUT2D eigenvalue weighted by Gasteiger charge is 2.09. The molecule has 62 valence electrons. The maximum absolute atomic E-state index is 8.39. The van der Waals surface area contributed by atoms with E-state index in [4.69, 9.17) is 16.7 Å². The Hall–Kier alpha value is -1.60. The lowest BCUT2D eigenvalue weighted by molar-refractivity contribution is 0.723. The number of rotatable bonds is 2. The summed E-state index contributed by atoms with van der Waals surface area (Å²) in [7, 11) is 0. The van der Waals surface area contributed by atoms with Gasteiger partial charge in [-0.15, -0.1) is 0 Å². The molecule has 0 aliphatic heterocycles.